The first-order valence-electron chi connectivity index (χ1n) is 25.8. The molecular weight excluding hydrogens is 950 g/mol. The van der Waals surface area contributed by atoms with Crippen molar-refractivity contribution in [3.63, 3.8) is 0 Å². The summed E-state index contributed by atoms with van der Waals surface area (Å²) >= 11 is -0.466. The second kappa shape index (κ2) is 31.1. The minimum absolute atomic E-state index is 1.27. The molecule has 4 heteroatoms. The van der Waals surface area contributed by atoms with Gasteiger partial charge in [0.15, 0.2) is 0 Å². The van der Waals surface area contributed by atoms with Gasteiger partial charge in [0.1, 0.15) is 0 Å². The van der Waals surface area contributed by atoms with E-state index in [1.165, 1.54) is 178 Å². The summed E-state index contributed by atoms with van der Waals surface area (Å²) in [6, 6.07) is 16.0. The van der Waals surface area contributed by atoms with Crippen molar-refractivity contribution >= 4 is 65.2 Å². The third-order valence-corrected chi connectivity index (χ3v) is 52.6. The van der Waals surface area contributed by atoms with E-state index in [0.717, 1.165) is 0 Å². The molecule has 0 fully saturated rings. The molecule has 0 radical (unpaired) electrons. The fourth-order valence-corrected chi connectivity index (χ4v) is 50.6. The van der Waals surface area contributed by atoms with Crippen LogP contribution in [0, 0.1) is 0 Å². The SMILES string of the molecule is CCCCCCCCc1c[c]([Sn]([CH2]CCC)([CH2]CCC)[CH2]CCC)sc1-c1ccc(-c2s[c]([Sn]([CH2]CCC)([CH2]CCC)[CH2]CCC)cc2CCCCCCCC)cc1. The van der Waals surface area contributed by atoms with Crippen LogP contribution in [-0.2, 0) is 12.8 Å². The van der Waals surface area contributed by atoms with E-state index in [2.05, 4.69) is 114 Å². The second-order valence-corrected chi connectivity index (χ2v) is 49.2. The van der Waals surface area contributed by atoms with Gasteiger partial charge in [0.2, 0.25) is 0 Å². The third-order valence-electron chi connectivity index (χ3n) is 13.7. The normalized spacial score (nSPS) is 12.3. The van der Waals surface area contributed by atoms with Crippen LogP contribution in [0.3, 0.4) is 0 Å². The monoisotopic (exact) mass is 1050 g/mol. The van der Waals surface area contributed by atoms with Crippen LogP contribution >= 0.6 is 22.7 Å². The Hall–Kier alpha value is 0.217. The van der Waals surface area contributed by atoms with Gasteiger partial charge in [-0.2, -0.15) is 0 Å². The third kappa shape index (κ3) is 17.1. The molecule has 0 saturated carbocycles. The quantitative estimate of drug-likeness (QED) is 0.0402. The van der Waals surface area contributed by atoms with Gasteiger partial charge in [-0.15, -0.1) is 0 Å². The average Bonchev–Trinajstić information content (AvgIpc) is 3.89. The molecule has 0 saturated heterocycles. The van der Waals surface area contributed by atoms with Crippen LogP contribution in [-0.4, -0.2) is 36.8 Å². The molecule has 1 aromatic carbocycles. The molecular formula is C54H94S2Sn2. The Bertz CT molecular complexity index is 1300. The number of benzene rings is 1. The molecule has 0 nitrogen and oxygen atoms in total. The molecule has 2 heterocycles. The van der Waals surface area contributed by atoms with Gasteiger partial charge in [-0.3, -0.25) is 0 Å². The number of hydrogen-bond donors (Lipinski definition) is 0. The van der Waals surface area contributed by atoms with Crippen LogP contribution in [0.2, 0.25) is 26.6 Å². The summed E-state index contributed by atoms with van der Waals surface area (Å²) in [5.74, 6) is 0. The molecule has 0 unspecified atom stereocenters. The van der Waals surface area contributed by atoms with Crippen molar-refractivity contribution in [2.45, 2.75) is 249 Å². The molecule has 2 aromatic heterocycles. The van der Waals surface area contributed by atoms with Crippen LogP contribution in [0.5, 0.6) is 0 Å². The Morgan fingerprint density at radius 3 is 0.862 bits per heavy atom. The molecule has 0 amide bonds. The van der Waals surface area contributed by atoms with Crippen LogP contribution in [0.25, 0.3) is 20.9 Å². The van der Waals surface area contributed by atoms with Crippen molar-refractivity contribution in [1.82, 2.24) is 0 Å². The summed E-state index contributed by atoms with van der Waals surface area (Å²) in [5.41, 5.74) is 6.44. The molecule has 3 aromatic rings. The van der Waals surface area contributed by atoms with E-state index >= 15 is 0 Å². The van der Waals surface area contributed by atoms with E-state index in [4.69, 9.17) is 0 Å². The topological polar surface area (TPSA) is 0 Å². The molecule has 0 N–H and O–H groups in total. The van der Waals surface area contributed by atoms with Crippen LogP contribution in [0.4, 0.5) is 0 Å². The molecule has 0 aliphatic carbocycles. The Labute approximate surface area is 379 Å². The fourth-order valence-electron chi connectivity index (χ4n) is 9.78. The van der Waals surface area contributed by atoms with Gasteiger partial charge in [-0.05, 0) is 0 Å². The van der Waals surface area contributed by atoms with Gasteiger partial charge in [-0.25, -0.2) is 0 Å². The van der Waals surface area contributed by atoms with Crippen molar-refractivity contribution in [1.29, 1.82) is 0 Å². The Balaban J connectivity index is 2.10. The van der Waals surface area contributed by atoms with Gasteiger partial charge in [0.25, 0.3) is 0 Å². The van der Waals surface area contributed by atoms with Crippen molar-refractivity contribution in [3.05, 3.63) is 47.5 Å². The van der Waals surface area contributed by atoms with Crippen molar-refractivity contribution < 1.29 is 0 Å². The first-order chi connectivity index (χ1) is 28.4. The Kier molecular flexibility index (Phi) is 28.2. The fraction of sp³-hybridized carbons (Fsp3) is 0.741. The number of aryl methyl sites for hydroxylation is 2. The molecule has 0 bridgehead atoms. The van der Waals surface area contributed by atoms with E-state index in [1.54, 1.807) is 47.5 Å². The van der Waals surface area contributed by atoms with Gasteiger partial charge in [0, 0.05) is 0 Å². The van der Waals surface area contributed by atoms with E-state index in [-0.39, 0.29) is 0 Å². The summed E-state index contributed by atoms with van der Waals surface area (Å²) in [5, 5.41) is 0. The summed E-state index contributed by atoms with van der Waals surface area (Å²) in [7, 11) is 0. The van der Waals surface area contributed by atoms with Crippen molar-refractivity contribution in [2.75, 3.05) is 0 Å². The van der Waals surface area contributed by atoms with E-state index in [1.807, 2.05) is 5.79 Å². The van der Waals surface area contributed by atoms with Crippen molar-refractivity contribution in [3.8, 4) is 20.9 Å². The number of hydrogen-bond acceptors (Lipinski definition) is 2. The minimum atomic E-state index is -2.53. The number of unbranched alkanes of at least 4 members (excludes halogenated alkanes) is 16. The predicted octanol–water partition coefficient (Wildman–Crippen LogP) is 19.1. The molecule has 3 rings (SSSR count). The number of rotatable bonds is 36. The molecule has 330 valence electrons. The summed E-state index contributed by atoms with van der Waals surface area (Å²) < 4.78 is 13.3. The first-order valence-corrected chi connectivity index (χ1v) is 42.4. The first kappa shape index (κ1) is 52.6. The zero-order valence-electron chi connectivity index (χ0n) is 39.9. The molecule has 58 heavy (non-hydrogen) atoms. The summed E-state index contributed by atoms with van der Waals surface area (Å²) in [6.45, 7) is 19.3. The summed E-state index contributed by atoms with van der Waals surface area (Å²) in [4.78, 5) is 3.29. The van der Waals surface area contributed by atoms with Crippen molar-refractivity contribution in [2.24, 2.45) is 0 Å². The van der Waals surface area contributed by atoms with Crippen LogP contribution in [0.15, 0.2) is 36.4 Å². The Morgan fingerprint density at radius 2 is 0.586 bits per heavy atom. The summed E-state index contributed by atoms with van der Waals surface area (Å²) in [6.07, 6.45) is 36.0. The van der Waals surface area contributed by atoms with Gasteiger partial charge in [-0.1, -0.05) is 0 Å². The van der Waals surface area contributed by atoms with Gasteiger partial charge < -0.3 is 0 Å². The molecule has 0 spiro atoms. The molecule has 0 aliphatic rings. The maximum atomic E-state index is 2.84. The Morgan fingerprint density at radius 1 is 0.328 bits per heavy atom. The molecule has 0 atom stereocenters. The van der Waals surface area contributed by atoms with E-state index < -0.39 is 36.8 Å². The second-order valence-electron chi connectivity index (χ2n) is 18.7. The van der Waals surface area contributed by atoms with Crippen LogP contribution < -0.4 is 5.79 Å². The van der Waals surface area contributed by atoms with Gasteiger partial charge >= 0.3 is 383 Å². The zero-order chi connectivity index (χ0) is 41.9. The van der Waals surface area contributed by atoms with E-state index in [9.17, 15) is 0 Å². The maximum absolute atomic E-state index is 2.84. The number of thiophene rings is 2. The van der Waals surface area contributed by atoms with Crippen LogP contribution in [0.1, 0.15) is 221 Å². The predicted molar refractivity (Wildman–Crippen MR) is 276 cm³/mol. The zero-order valence-corrected chi connectivity index (χ0v) is 47.2. The standard InChI is InChI=1S/C30H40S2.6C4H9.2Sn/c1-3-5-7-9-11-13-15-25-21-23-31-29(25)27-17-19-28(20-18-27)30-26(22-24-32-30)16-14-12-10-8-6-4-2;6*1-3-4-2;;/h17-22H,3-16H2,1-2H3;6*1,3-4H2,2H3;;. The van der Waals surface area contributed by atoms with Gasteiger partial charge in [0.05, 0.1) is 0 Å². The van der Waals surface area contributed by atoms with E-state index in [0.29, 0.717) is 0 Å². The average molecular weight is 1040 g/mol. The molecule has 0 aliphatic heterocycles.